The highest BCUT2D eigenvalue weighted by atomic mass is 79.9. The van der Waals surface area contributed by atoms with Gasteiger partial charge < -0.3 is 15.0 Å². The Hall–Kier alpha value is -1.99. The van der Waals surface area contributed by atoms with Crippen molar-refractivity contribution in [1.82, 2.24) is 4.90 Å². The molecular weight excluding hydrogens is 575 g/mol. The van der Waals surface area contributed by atoms with E-state index in [1.165, 1.54) is 70.3 Å². The van der Waals surface area contributed by atoms with Gasteiger partial charge in [0.1, 0.15) is 0 Å². The van der Waals surface area contributed by atoms with Crippen molar-refractivity contribution >= 4 is 40.3 Å². The third kappa shape index (κ3) is 13.8. The topological polar surface area (TPSA) is 41.6 Å². The van der Waals surface area contributed by atoms with Crippen LogP contribution in [0.1, 0.15) is 95.1 Å². The van der Waals surface area contributed by atoms with Gasteiger partial charge in [-0.05, 0) is 47.2 Å². The van der Waals surface area contributed by atoms with Crippen molar-refractivity contribution < 1.29 is 13.9 Å². The molecule has 1 amide bonds. The standard InChI is InChI=1S/C32H45FN2O2S.BrH/c1-2-3-4-5-6-7-8-9-10-11-12-13-20-37-31-18-17-27(23-30(31)33)24-32(36)34-29-16-14-15-28(22-29)25-35-19-21-38-26-35;/h14-19,21-23H,2-13,20,24-26H2,1H3,(H,34,36);1H. The number of benzene rings is 2. The smallest absolute Gasteiger partial charge is 0.228 e. The molecule has 0 saturated heterocycles. The minimum atomic E-state index is -0.409. The summed E-state index contributed by atoms with van der Waals surface area (Å²) in [5, 5.41) is 5.02. The second kappa shape index (κ2) is 20.0. The quantitative estimate of drug-likeness (QED) is 0.159. The zero-order valence-corrected chi connectivity index (χ0v) is 26.0. The number of rotatable bonds is 19. The minimum Gasteiger partial charge on any atom is -0.491 e. The van der Waals surface area contributed by atoms with Crippen LogP contribution in [0.5, 0.6) is 5.75 Å². The predicted octanol–water partition coefficient (Wildman–Crippen LogP) is 9.64. The van der Waals surface area contributed by atoms with E-state index in [1.54, 1.807) is 23.9 Å². The minimum absolute atomic E-state index is 0. The molecule has 39 heavy (non-hydrogen) atoms. The maximum Gasteiger partial charge on any atom is 0.228 e. The van der Waals surface area contributed by atoms with Crippen LogP contribution >= 0.6 is 28.7 Å². The van der Waals surface area contributed by atoms with Crippen molar-refractivity contribution in [2.24, 2.45) is 0 Å². The van der Waals surface area contributed by atoms with Crippen molar-refractivity contribution in [3.63, 3.8) is 0 Å². The number of anilines is 1. The number of amides is 1. The summed E-state index contributed by atoms with van der Waals surface area (Å²) in [6, 6.07) is 12.7. The zero-order chi connectivity index (χ0) is 26.8. The lowest BCUT2D eigenvalue weighted by Crippen LogP contribution is -2.16. The molecule has 1 aliphatic rings. The van der Waals surface area contributed by atoms with E-state index in [4.69, 9.17) is 4.74 Å². The summed E-state index contributed by atoms with van der Waals surface area (Å²) in [7, 11) is 0. The molecule has 0 aromatic heterocycles. The molecule has 0 saturated carbocycles. The first-order valence-corrected chi connectivity index (χ1v) is 15.5. The van der Waals surface area contributed by atoms with E-state index >= 15 is 0 Å². The average molecular weight is 622 g/mol. The lowest BCUT2D eigenvalue weighted by Gasteiger charge is -2.15. The van der Waals surface area contributed by atoms with Crippen LogP contribution < -0.4 is 10.1 Å². The number of halogens is 2. The van der Waals surface area contributed by atoms with Crippen LogP contribution in [-0.4, -0.2) is 23.3 Å². The lowest BCUT2D eigenvalue weighted by atomic mass is 10.1. The first-order chi connectivity index (χ1) is 18.6. The fourth-order valence-corrected chi connectivity index (χ4v) is 5.39. The van der Waals surface area contributed by atoms with Gasteiger partial charge >= 0.3 is 0 Å². The Balaban J connectivity index is 0.00000533. The summed E-state index contributed by atoms with van der Waals surface area (Å²) in [5.74, 6) is 0.636. The van der Waals surface area contributed by atoms with Crippen LogP contribution in [0.15, 0.2) is 54.1 Å². The SMILES string of the molecule is Br.CCCCCCCCCCCCCCOc1ccc(CC(=O)Nc2cccc(CN3C=CSC3)c2)cc1F. The van der Waals surface area contributed by atoms with E-state index in [0.717, 1.165) is 36.5 Å². The second-order valence-corrected chi connectivity index (χ2v) is 11.1. The van der Waals surface area contributed by atoms with Crippen LogP contribution in [0.3, 0.4) is 0 Å². The molecule has 3 rings (SSSR count). The van der Waals surface area contributed by atoms with E-state index in [2.05, 4.69) is 34.8 Å². The van der Waals surface area contributed by atoms with Gasteiger partial charge in [0.25, 0.3) is 0 Å². The molecule has 1 aliphatic heterocycles. The number of thioether (sulfide) groups is 1. The predicted molar refractivity (Wildman–Crippen MR) is 169 cm³/mol. The molecule has 0 bridgehead atoms. The van der Waals surface area contributed by atoms with Crippen LogP contribution in [-0.2, 0) is 17.8 Å². The maximum absolute atomic E-state index is 14.6. The van der Waals surface area contributed by atoms with Crippen molar-refractivity contribution in [2.45, 2.75) is 96.9 Å². The Labute approximate surface area is 249 Å². The van der Waals surface area contributed by atoms with Crippen LogP contribution in [0.4, 0.5) is 10.1 Å². The molecule has 0 radical (unpaired) electrons. The van der Waals surface area contributed by atoms with E-state index in [0.29, 0.717) is 12.2 Å². The molecule has 4 nitrogen and oxygen atoms in total. The van der Waals surface area contributed by atoms with Gasteiger partial charge in [0, 0.05) is 18.4 Å². The van der Waals surface area contributed by atoms with E-state index in [9.17, 15) is 9.18 Å². The molecule has 0 aliphatic carbocycles. The molecule has 2 aromatic rings. The molecule has 1 N–H and O–H groups in total. The Morgan fingerprint density at radius 3 is 2.26 bits per heavy atom. The van der Waals surface area contributed by atoms with Gasteiger partial charge in [0.15, 0.2) is 11.6 Å². The van der Waals surface area contributed by atoms with E-state index < -0.39 is 5.82 Å². The van der Waals surface area contributed by atoms with Gasteiger partial charge in [-0.3, -0.25) is 4.79 Å². The Morgan fingerprint density at radius 1 is 0.923 bits per heavy atom. The summed E-state index contributed by atoms with van der Waals surface area (Å²) in [4.78, 5) is 14.8. The van der Waals surface area contributed by atoms with Crippen LogP contribution in [0.2, 0.25) is 0 Å². The number of carbonyl (C=O) groups is 1. The largest absolute Gasteiger partial charge is 0.491 e. The van der Waals surface area contributed by atoms with Gasteiger partial charge in [-0.25, -0.2) is 4.39 Å². The number of nitrogens with zero attached hydrogens (tertiary/aromatic N) is 1. The fourth-order valence-electron chi connectivity index (χ4n) is 4.68. The summed E-state index contributed by atoms with van der Waals surface area (Å²) >= 11 is 1.77. The number of unbranched alkanes of at least 4 members (excludes halogenated alkanes) is 11. The number of hydrogen-bond acceptors (Lipinski definition) is 4. The number of hydrogen-bond donors (Lipinski definition) is 1. The molecule has 0 fully saturated rings. The number of nitrogens with one attached hydrogen (secondary N) is 1. The molecule has 0 spiro atoms. The number of carbonyl (C=O) groups excluding carboxylic acids is 1. The maximum atomic E-state index is 14.6. The summed E-state index contributed by atoms with van der Waals surface area (Å²) in [5.41, 5.74) is 2.52. The van der Waals surface area contributed by atoms with Crippen molar-refractivity contribution in [3.8, 4) is 5.75 Å². The Morgan fingerprint density at radius 2 is 1.62 bits per heavy atom. The van der Waals surface area contributed by atoms with Crippen LogP contribution in [0.25, 0.3) is 0 Å². The van der Waals surface area contributed by atoms with E-state index in [1.807, 2.05) is 18.2 Å². The molecule has 7 heteroatoms. The van der Waals surface area contributed by atoms with Crippen molar-refractivity contribution in [2.75, 3.05) is 17.8 Å². The van der Waals surface area contributed by atoms with Crippen molar-refractivity contribution in [1.29, 1.82) is 0 Å². The van der Waals surface area contributed by atoms with Gasteiger partial charge in [0.05, 0.1) is 18.9 Å². The molecule has 2 aromatic carbocycles. The summed E-state index contributed by atoms with van der Waals surface area (Å²) in [6.45, 7) is 3.59. The lowest BCUT2D eigenvalue weighted by molar-refractivity contribution is -0.115. The second-order valence-electron chi connectivity index (χ2n) is 10.3. The first kappa shape index (κ1) is 33.2. The Kier molecular flexibility index (Phi) is 17.0. The Bertz CT molecular complexity index is 1000. The summed E-state index contributed by atoms with van der Waals surface area (Å²) in [6.07, 6.45) is 17.6. The highest BCUT2D eigenvalue weighted by Gasteiger charge is 2.10. The van der Waals surface area contributed by atoms with Crippen LogP contribution in [0, 0.1) is 5.82 Å². The zero-order valence-electron chi connectivity index (χ0n) is 23.5. The fraction of sp³-hybridized carbons (Fsp3) is 0.531. The van der Waals surface area contributed by atoms with Gasteiger partial charge in [-0.1, -0.05) is 95.8 Å². The molecular formula is C32H46BrFN2O2S. The van der Waals surface area contributed by atoms with Gasteiger partial charge in [0.2, 0.25) is 5.91 Å². The highest BCUT2D eigenvalue weighted by molar-refractivity contribution is 8.93. The third-order valence-electron chi connectivity index (χ3n) is 6.82. The number of ether oxygens (including phenoxy) is 1. The molecule has 0 unspecified atom stereocenters. The van der Waals surface area contributed by atoms with Gasteiger partial charge in [-0.15, -0.1) is 28.7 Å². The summed E-state index contributed by atoms with van der Waals surface area (Å²) < 4.78 is 20.2. The van der Waals surface area contributed by atoms with Crippen molar-refractivity contribution in [3.05, 3.63) is 71.0 Å². The third-order valence-corrected chi connectivity index (χ3v) is 7.62. The normalized spacial score (nSPS) is 12.4. The average Bonchev–Trinajstić information content (AvgIpc) is 3.41. The first-order valence-electron chi connectivity index (χ1n) is 14.5. The molecule has 1 heterocycles. The van der Waals surface area contributed by atoms with Gasteiger partial charge in [-0.2, -0.15) is 0 Å². The molecule has 0 atom stereocenters. The molecule has 216 valence electrons. The highest BCUT2D eigenvalue weighted by Crippen LogP contribution is 2.22. The van der Waals surface area contributed by atoms with E-state index in [-0.39, 0.29) is 35.1 Å². The monoisotopic (exact) mass is 620 g/mol.